The number of allylic oxidation sites excluding steroid dienone is 2. The van der Waals surface area contributed by atoms with E-state index >= 15 is 0 Å². The van der Waals surface area contributed by atoms with Gasteiger partial charge in [-0.3, -0.25) is 0 Å². The minimum absolute atomic E-state index is 0.126. The third-order valence-corrected chi connectivity index (χ3v) is 10.8. The predicted molar refractivity (Wildman–Crippen MR) is 201 cm³/mol. The van der Waals surface area contributed by atoms with Crippen molar-refractivity contribution in [2.24, 2.45) is 0 Å². The number of benzene rings is 1. The number of aliphatic hydroxyl groups excluding tert-OH is 6. The summed E-state index contributed by atoms with van der Waals surface area (Å²) in [7, 11) is 0. The molecule has 2 unspecified atom stereocenters. The van der Waals surface area contributed by atoms with E-state index in [0.29, 0.717) is 57.7 Å². The highest BCUT2D eigenvalue weighted by Gasteiger charge is 2.45. The van der Waals surface area contributed by atoms with Gasteiger partial charge in [0.2, 0.25) is 0 Å². The van der Waals surface area contributed by atoms with Gasteiger partial charge in [-0.05, 0) is 53.9 Å². The molecule has 17 heteroatoms. The van der Waals surface area contributed by atoms with Crippen molar-refractivity contribution < 1.29 is 82.7 Å². The third-order valence-electron chi connectivity index (χ3n) is 10.8. The molecule has 6 N–H and O–H groups in total. The lowest BCUT2D eigenvalue weighted by molar-refractivity contribution is -0.294. The van der Waals surface area contributed by atoms with E-state index < -0.39 is 61.4 Å². The second-order valence-electron chi connectivity index (χ2n) is 15.4. The van der Waals surface area contributed by atoms with Gasteiger partial charge in [0.25, 0.3) is 0 Å². The summed E-state index contributed by atoms with van der Waals surface area (Å²) in [4.78, 5) is 0. The quantitative estimate of drug-likeness (QED) is 0.0708. The molecule has 0 aromatic heterocycles. The Balaban J connectivity index is 1.02. The average molecular weight is 817 g/mol. The zero-order valence-electron chi connectivity index (χ0n) is 33.8. The van der Waals surface area contributed by atoms with E-state index in [0.717, 1.165) is 30.6 Å². The van der Waals surface area contributed by atoms with Crippen LogP contribution in [0, 0.1) is 0 Å². The van der Waals surface area contributed by atoms with Gasteiger partial charge in [0.05, 0.1) is 78.3 Å². The molecule has 12 atom stereocenters. The molecule has 17 nitrogen and oxygen atoms in total. The van der Waals surface area contributed by atoms with Crippen LogP contribution in [0.15, 0.2) is 23.3 Å². The highest BCUT2D eigenvalue weighted by atomic mass is 16.7. The summed E-state index contributed by atoms with van der Waals surface area (Å²) in [5.41, 5.74) is 3.46. The first-order valence-corrected chi connectivity index (χ1v) is 20.0. The summed E-state index contributed by atoms with van der Waals surface area (Å²) in [5, 5.41) is 59.6. The molecule has 2 saturated heterocycles. The predicted octanol–water partition coefficient (Wildman–Crippen LogP) is 0.954. The van der Waals surface area contributed by atoms with Gasteiger partial charge in [-0.1, -0.05) is 11.1 Å². The van der Waals surface area contributed by atoms with Crippen molar-refractivity contribution >= 4 is 0 Å². The Labute approximate surface area is 334 Å². The number of fused-ring (bicyclic) bond motifs is 4. The fourth-order valence-electron chi connectivity index (χ4n) is 7.49. The Bertz CT molecular complexity index is 1410. The monoisotopic (exact) mass is 816 g/mol. The van der Waals surface area contributed by atoms with Gasteiger partial charge in [-0.25, -0.2) is 0 Å². The van der Waals surface area contributed by atoms with Crippen LogP contribution in [0.4, 0.5) is 0 Å². The van der Waals surface area contributed by atoms with E-state index in [-0.39, 0.29) is 44.6 Å². The van der Waals surface area contributed by atoms with E-state index in [1.54, 1.807) is 13.8 Å². The van der Waals surface area contributed by atoms with Gasteiger partial charge in [0.15, 0.2) is 12.6 Å². The summed E-state index contributed by atoms with van der Waals surface area (Å²) >= 11 is 0. The zero-order valence-corrected chi connectivity index (χ0v) is 33.8. The van der Waals surface area contributed by atoms with Gasteiger partial charge in [-0.2, -0.15) is 0 Å². The molecule has 2 bridgehead atoms. The maximum atomic E-state index is 10.1. The van der Waals surface area contributed by atoms with Crippen molar-refractivity contribution in [1.82, 2.24) is 0 Å². The minimum Gasteiger partial charge on any atom is -0.491 e. The van der Waals surface area contributed by atoms with Crippen molar-refractivity contribution in [3.8, 4) is 17.2 Å². The molecular weight excluding hydrogens is 752 g/mol. The topological polar surface area (TPSA) is 223 Å². The van der Waals surface area contributed by atoms with Crippen LogP contribution in [0.25, 0.3) is 0 Å². The fraction of sp³-hybridized carbons (Fsp3) is 0.800. The molecule has 5 rings (SSSR count). The second-order valence-corrected chi connectivity index (χ2v) is 15.4. The number of ether oxygens (including phenoxy) is 11. The first-order valence-electron chi connectivity index (χ1n) is 20.0. The number of hydrogen-bond acceptors (Lipinski definition) is 17. The summed E-state index contributed by atoms with van der Waals surface area (Å²) in [6.07, 6.45) is -8.46. The van der Waals surface area contributed by atoms with E-state index in [1.807, 2.05) is 12.1 Å². The van der Waals surface area contributed by atoms with Crippen molar-refractivity contribution in [3.05, 3.63) is 28.8 Å². The molecule has 0 radical (unpaired) electrons. The normalized spacial score (nSPS) is 33.7. The van der Waals surface area contributed by atoms with Gasteiger partial charge in [0.1, 0.15) is 72.7 Å². The van der Waals surface area contributed by atoms with Crippen molar-refractivity contribution in [2.75, 3.05) is 79.3 Å². The van der Waals surface area contributed by atoms with Gasteiger partial charge >= 0.3 is 0 Å². The SMILES string of the molecule is CC(C)=C1CCC2(C)CC1c1c(OCCOCCOCCO[C@@H]3O[C@@H](C)[C@H](O)[C@@H](O)[C@H]3O)cc(OCCOCCOCCO[C@@H]3O[C@@H](C)[C@H](O)[C@@H](O)[C@H]3O)cc1O2. The zero-order chi connectivity index (χ0) is 41.1. The molecule has 3 fully saturated rings. The summed E-state index contributed by atoms with van der Waals surface area (Å²) in [6.45, 7) is 12.9. The molecular formula is C40H64O17. The molecule has 326 valence electrons. The van der Waals surface area contributed by atoms with Crippen LogP contribution in [0.1, 0.15) is 65.4 Å². The largest absolute Gasteiger partial charge is 0.491 e. The molecule has 4 aliphatic rings. The Kier molecular flexibility index (Phi) is 17.6. The number of hydrogen-bond donors (Lipinski definition) is 6. The molecule has 3 aliphatic heterocycles. The van der Waals surface area contributed by atoms with Gasteiger partial charge in [-0.15, -0.1) is 0 Å². The molecule has 0 amide bonds. The van der Waals surface area contributed by atoms with Crippen LogP contribution >= 0.6 is 0 Å². The van der Waals surface area contributed by atoms with Crippen LogP contribution in [0.3, 0.4) is 0 Å². The molecule has 1 aliphatic carbocycles. The molecule has 1 aromatic rings. The van der Waals surface area contributed by atoms with Crippen molar-refractivity contribution in [3.63, 3.8) is 0 Å². The van der Waals surface area contributed by atoms with E-state index in [1.165, 1.54) is 11.1 Å². The summed E-state index contributed by atoms with van der Waals surface area (Å²) in [6, 6.07) is 3.83. The van der Waals surface area contributed by atoms with E-state index in [2.05, 4.69) is 20.8 Å². The molecule has 57 heavy (non-hydrogen) atoms. The molecule has 0 spiro atoms. The Morgan fingerprint density at radius 2 is 1.11 bits per heavy atom. The fourth-order valence-corrected chi connectivity index (χ4v) is 7.49. The van der Waals surface area contributed by atoms with E-state index in [4.69, 9.17) is 52.1 Å². The maximum absolute atomic E-state index is 10.1. The van der Waals surface area contributed by atoms with Crippen LogP contribution in [-0.4, -0.2) is 177 Å². The maximum Gasteiger partial charge on any atom is 0.186 e. The lowest BCUT2D eigenvalue weighted by Gasteiger charge is -2.46. The Morgan fingerprint density at radius 1 is 0.632 bits per heavy atom. The van der Waals surface area contributed by atoms with Crippen LogP contribution in [-0.2, 0) is 37.9 Å². The minimum atomic E-state index is -1.36. The van der Waals surface area contributed by atoms with Gasteiger partial charge < -0.3 is 82.7 Å². The number of rotatable bonds is 22. The second kappa shape index (κ2) is 21.9. The highest BCUT2D eigenvalue weighted by Crippen LogP contribution is 2.55. The van der Waals surface area contributed by atoms with Crippen molar-refractivity contribution in [1.29, 1.82) is 0 Å². The molecule has 1 saturated carbocycles. The molecule has 3 heterocycles. The number of aliphatic hydroxyl groups is 6. The van der Waals surface area contributed by atoms with Crippen molar-refractivity contribution in [2.45, 2.75) is 127 Å². The lowest BCUT2D eigenvalue weighted by atomic mass is 9.69. The highest BCUT2D eigenvalue weighted by molar-refractivity contribution is 5.57. The van der Waals surface area contributed by atoms with Crippen LogP contribution in [0.5, 0.6) is 17.2 Å². The molecule has 1 aromatic carbocycles. The van der Waals surface area contributed by atoms with Crippen LogP contribution < -0.4 is 14.2 Å². The smallest absolute Gasteiger partial charge is 0.186 e. The summed E-state index contributed by atoms with van der Waals surface area (Å²) in [5.74, 6) is 2.22. The Hall–Kier alpha value is -2.20. The van der Waals surface area contributed by atoms with Gasteiger partial charge in [0, 0.05) is 23.6 Å². The Morgan fingerprint density at radius 3 is 1.61 bits per heavy atom. The first-order chi connectivity index (χ1) is 27.3. The average Bonchev–Trinajstić information content (AvgIpc) is 3.17. The van der Waals surface area contributed by atoms with Crippen LogP contribution in [0.2, 0.25) is 0 Å². The van der Waals surface area contributed by atoms with E-state index in [9.17, 15) is 30.6 Å². The lowest BCUT2D eigenvalue weighted by Crippen LogP contribution is -2.57. The first kappa shape index (κ1) is 45.9. The standard InChI is InChI=1S/C40H64O17/c1-23(2)27-6-7-40(5)22-28(27)31-29(52-17-13-48-9-11-50-15-19-54-39-37(46)35(44)33(42)25(4)56-39)20-26(21-30(31)57-40)51-16-12-47-8-10-49-14-18-53-38-36(45)34(43)32(41)24(3)55-38/h20-21,24-25,28,32-39,41-46H,6-19,22H2,1-5H3/t24-,25-,28?,32-,33-,34+,35+,36+,37+,38+,39+,40?/m0/s1. The summed E-state index contributed by atoms with van der Waals surface area (Å²) < 4.78 is 63.4. The third kappa shape index (κ3) is 12.4.